The molecule has 3 nitrogen and oxygen atoms in total. The zero-order chi connectivity index (χ0) is 15.1. The van der Waals surface area contributed by atoms with Crippen molar-refractivity contribution in [1.82, 2.24) is 10.6 Å². The lowest BCUT2D eigenvalue weighted by molar-refractivity contribution is -0.123. The van der Waals surface area contributed by atoms with Crippen LogP contribution < -0.4 is 10.6 Å². The van der Waals surface area contributed by atoms with Gasteiger partial charge >= 0.3 is 0 Å². The van der Waals surface area contributed by atoms with Gasteiger partial charge in [0.05, 0.1) is 0 Å². The van der Waals surface area contributed by atoms with Gasteiger partial charge in [0.15, 0.2) is 0 Å². The van der Waals surface area contributed by atoms with Crippen LogP contribution in [-0.2, 0) is 4.79 Å². The molecule has 0 aliphatic heterocycles. The van der Waals surface area contributed by atoms with Crippen molar-refractivity contribution < 1.29 is 4.79 Å². The summed E-state index contributed by atoms with van der Waals surface area (Å²) in [5.74, 6) is 0.732. The molecule has 0 radical (unpaired) electrons. The second kappa shape index (κ2) is 8.05. The van der Waals surface area contributed by atoms with Crippen molar-refractivity contribution in [3.8, 4) is 0 Å². The van der Waals surface area contributed by atoms with Crippen LogP contribution >= 0.6 is 0 Å². The minimum Gasteiger partial charge on any atom is -0.355 e. The summed E-state index contributed by atoms with van der Waals surface area (Å²) in [4.78, 5) is 11.4. The van der Waals surface area contributed by atoms with E-state index in [2.05, 4.69) is 55.7 Å². The predicted molar refractivity (Wildman–Crippen MR) is 84.8 cm³/mol. The number of nitrogens with one attached hydrogen (secondary N) is 2. The van der Waals surface area contributed by atoms with E-state index in [-0.39, 0.29) is 11.8 Å². The van der Waals surface area contributed by atoms with E-state index in [1.54, 1.807) is 0 Å². The van der Waals surface area contributed by atoms with Crippen LogP contribution in [0.3, 0.4) is 0 Å². The molecular weight excluding hydrogens is 248 g/mol. The normalized spacial score (nSPS) is 12.8. The van der Waals surface area contributed by atoms with Crippen LogP contribution in [0.4, 0.5) is 0 Å². The standard InChI is InChI=1S/C17H28N2O/c1-12(2)15-6-8-16(9-7-15)14(5)18-10-11-19-17(20)13(3)4/h6-9,12-14,18H,10-11H2,1-5H3,(H,19,20). The van der Waals surface area contributed by atoms with Crippen molar-refractivity contribution >= 4 is 5.91 Å². The maximum Gasteiger partial charge on any atom is 0.222 e. The van der Waals surface area contributed by atoms with Crippen molar-refractivity contribution in [1.29, 1.82) is 0 Å². The Balaban J connectivity index is 2.35. The third-order valence-electron chi connectivity index (χ3n) is 3.50. The third kappa shape index (κ3) is 5.33. The van der Waals surface area contributed by atoms with Crippen LogP contribution in [-0.4, -0.2) is 19.0 Å². The van der Waals surface area contributed by atoms with E-state index in [0.29, 0.717) is 18.5 Å². The summed E-state index contributed by atoms with van der Waals surface area (Å²) in [5, 5.41) is 6.34. The minimum atomic E-state index is 0.0519. The molecule has 20 heavy (non-hydrogen) atoms. The number of benzene rings is 1. The second-order valence-electron chi connectivity index (χ2n) is 5.94. The minimum absolute atomic E-state index is 0.0519. The van der Waals surface area contributed by atoms with E-state index >= 15 is 0 Å². The van der Waals surface area contributed by atoms with E-state index in [4.69, 9.17) is 0 Å². The first-order valence-electron chi connectivity index (χ1n) is 7.52. The molecule has 0 bridgehead atoms. The molecule has 0 aromatic heterocycles. The molecule has 1 rings (SSSR count). The predicted octanol–water partition coefficient (Wildman–Crippen LogP) is 3.23. The quantitative estimate of drug-likeness (QED) is 0.751. The fraction of sp³-hybridized carbons (Fsp3) is 0.588. The molecule has 0 saturated heterocycles. The summed E-state index contributed by atoms with van der Waals surface area (Å²) in [5.41, 5.74) is 2.65. The number of carbonyl (C=O) groups excluding carboxylic acids is 1. The molecule has 0 fully saturated rings. The molecule has 1 atom stereocenters. The molecule has 0 aliphatic carbocycles. The smallest absolute Gasteiger partial charge is 0.222 e. The van der Waals surface area contributed by atoms with Gasteiger partial charge in [0, 0.05) is 25.0 Å². The highest BCUT2D eigenvalue weighted by atomic mass is 16.1. The van der Waals surface area contributed by atoms with Gasteiger partial charge in [-0.1, -0.05) is 52.0 Å². The molecule has 1 aromatic rings. The first-order chi connectivity index (χ1) is 9.41. The second-order valence-corrected chi connectivity index (χ2v) is 5.94. The first kappa shape index (κ1) is 16.7. The third-order valence-corrected chi connectivity index (χ3v) is 3.50. The summed E-state index contributed by atoms with van der Waals surface area (Å²) in [6.45, 7) is 11.8. The summed E-state index contributed by atoms with van der Waals surface area (Å²) in [6, 6.07) is 9.05. The lowest BCUT2D eigenvalue weighted by atomic mass is 10.00. The maximum atomic E-state index is 11.4. The summed E-state index contributed by atoms with van der Waals surface area (Å²) in [6.07, 6.45) is 0. The van der Waals surface area contributed by atoms with Gasteiger partial charge < -0.3 is 10.6 Å². The van der Waals surface area contributed by atoms with Gasteiger partial charge in [-0.25, -0.2) is 0 Å². The summed E-state index contributed by atoms with van der Waals surface area (Å²) < 4.78 is 0. The highest BCUT2D eigenvalue weighted by Gasteiger charge is 2.07. The molecule has 1 unspecified atom stereocenters. The zero-order valence-electron chi connectivity index (χ0n) is 13.4. The lowest BCUT2D eigenvalue weighted by Gasteiger charge is -2.16. The van der Waals surface area contributed by atoms with E-state index in [9.17, 15) is 4.79 Å². The summed E-state index contributed by atoms with van der Waals surface area (Å²) >= 11 is 0. The Hall–Kier alpha value is -1.35. The van der Waals surface area contributed by atoms with Gasteiger partial charge in [0.1, 0.15) is 0 Å². The van der Waals surface area contributed by atoms with E-state index in [0.717, 1.165) is 6.54 Å². The Morgan fingerprint density at radius 2 is 1.50 bits per heavy atom. The number of amides is 1. The fourth-order valence-electron chi connectivity index (χ4n) is 1.97. The molecule has 112 valence electrons. The van der Waals surface area contributed by atoms with Crippen LogP contribution in [0.1, 0.15) is 57.7 Å². The van der Waals surface area contributed by atoms with Gasteiger partial charge in [-0.3, -0.25) is 4.79 Å². The number of carbonyl (C=O) groups is 1. The molecule has 1 amide bonds. The van der Waals surface area contributed by atoms with E-state index < -0.39 is 0 Å². The van der Waals surface area contributed by atoms with Crippen molar-refractivity contribution in [2.24, 2.45) is 5.92 Å². The van der Waals surface area contributed by atoms with Crippen LogP contribution in [0.5, 0.6) is 0 Å². The molecule has 0 spiro atoms. The van der Waals surface area contributed by atoms with Gasteiger partial charge in [-0.05, 0) is 24.0 Å². The Morgan fingerprint density at radius 3 is 2.00 bits per heavy atom. The Labute approximate surface area is 123 Å². The molecule has 0 heterocycles. The SMILES string of the molecule is CC(C)C(=O)NCCNC(C)c1ccc(C(C)C)cc1. The number of rotatable bonds is 7. The highest BCUT2D eigenvalue weighted by molar-refractivity contribution is 5.77. The Morgan fingerprint density at radius 1 is 0.950 bits per heavy atom. The Bertz CT molecular complexity index is 410. The average molecular weight is 276 g/mol. The molecule has 0 saturated carbocycles. The monoisotopic (exact) mass is 276 g/mol. The van der Waals surface area contributed by atoms with Gasteiger partial charge in [-0.2, -0.15) is 0 Å². The fourth-order valence-corrected chi connectivity index (χ4v) is 1.97. The van der Waals surface area contributed by atoms with Crippen molar-refractivity contribution in [3.63, 3.8) is 0 Å². The Kier molecular flexibility index (Phi) is 6.73. The van der Waals surface area contributed by atoms with Crippen molar-refractivity contribution in [2.75, 3.05) is 13.1 Å². The van der Waals surface area contributed by atoms with Gasteiger partial charge in [0.2, 0.25) is 5.91 Å². The molecule has 2 N–H and O–H groups in total. The van der Waals surface area contributed by atoms with Crippen molar-refractivity contribution in [2.45, 2.75) is 46.6 Å². The molecule has 0 aliphatic rings. The van der Waals surface area contributed by atoms with Gasteiger partial charge in [-0.15, -0.1) is 0 Å². The van der Waals surface area contributed by atoms with Crippen LogP contribution in [0.15, 0.2) is 24.3 Å². The summed E-state index contributed by atoms with van der Waals surface area (Å²) in [7, 11) is 0. The van der Waals surface area contributed by atoms with Gasteiger partial charge in [0.25, 0.3) is 0 Å². The number of hydrogen-bond donors (Lipinski definition) is 2. The average Bonchev–Trinajstić information content (AvgIpc) is 2.43. The first-order valence-corrected chi connectivity index (χ1v) is 7.52. The maximum absolute atomic E-state index is 11.4. The topological polar surface area (TPSA) is 41.1 Å². The van der Waals surface area contributed by atoms with E-state index in [1.807, 2.05) is 13.8 Å². The zero-order valence-corrected chi connectivity index (χ0v) is 13.4. The molecular formula is C17H28N2O. The molecule has 3 heteroatoms. The van der Waals surface area contributed by atoms with Crippen LogP contribution in [0.2, 0.25) is 0 Å². The highest BCUT2D eigenvalue weighted by Crippen LogP contribution is 2.18. The van der Waals surface area contributed by atoms with E-state index in [1.165, 1.54) is 11.1 Å². The largest absolute Gasteiger partial charge is 0.355 e. The van der Waals surface area contributed by atoms with Crippen molar-refractivity contribution in [3.05, 3.63) is 35.4 Å². The molecule has 1 aromatic carbocycles. The van der Waals surface area contributed by atoms with Crippen LogP contribution in [0, 0.1) is 5.92 Å². The van der Waals surface area contributed by atoms with Crippen LogP contribution in [0.25, 0.3) is 0 Å². The lowest BCUT2D eigenvalue weighted by Crippen LogP contribution is -2.35. The number of hydrogen-bond acceptors (Lipinski definition) is 2.